The van der Waals surface area contributed by atoms with Crippen LogP contribution >= 0.6 is 0 Å². The molecule has 1 aliphatic rings. The molecule has 0 aromatic heterocycles. The zero-order valence-electron chi connectivity index (χ0n) is 8.01. The van der Waals surface area contributed by atoms with Crippen LogP contribution in [0.15, 0.2) is 12.3 Å². The minimum Gasteiger partial charge on any atom is -0.502 e. The van der Waals surface area contributed by atoms with Crippen LogP contribution in [0.4, 0.5) is 0 Å². The van der Waals surface area contributed by atoms with Gasteiger partial charge in [-0.25, -0.2) is 0 Å². The minimum absolute atomic E-state index is 0.235. The lowest BCUT2D eigenvalue weighted by molar-refractivity contribution is 0.212. The van der Waals surface area contributed by atoms with E-state index >= 15 is 0 Å². The van der Waals surface area contributed by atoms with E-state index in [-0.39, 0.29) is 5.60 Å². The van der Waals surface area contributed by atoms with Crippen LogP contribution in [-0.2, 0) is 9.47 Å². The van der Waals surface area contributed by atoms with E-state index in [9.17, 15) is 0 Å². The molecule has 0 radical (unpaired) electrons. The summed E-state index contributed by atoms with van der Waals surface area (Å²) in [7, 11) is 0. The highest BCUT2D eigenvalue weighted by molar-refractivity contribution is 4.90. The average molecular weight is 170 g/mol. The summed E-state index contributed by atoms with van der Waals surface area (Å²) >= 11 is 0. The molecule has 70 valence electrons. The number of hydrogen-bond donors (Lipinski definition) is 0. The summed E-state index contributed by atoms with van der Waals surface area (Å²) in [6.07, 6.45) is 7.02. The molecule has 0 aromatic rings. The first-order chi connectivity index (χ1) is 5.83. The van der Waals surface area contributed by atoms with Crippen LogP contribution in [0.1, 0.15) is 33.1 Å². The van der Waals surface area contributed by atoms with Crippen molar-refractivity contribution in [2.45, 2.75) is 38.7 Å². The van der Waals surface area contributed by atoms with Crippen LogP contribution in [0, 0.1) is 0 Å². The predicted octanol–water partition coefficient (Wildman–Crippen LogP) is 2.50. The smallest absolute Gasteiger partial charge is 0.0915 e. The number of rotatable bonds is 6. The largest absolute Gasteiger partial charge is 0.502 e. The Hall–Kier alpha value is -0.500. The van der Waals surface area contributed by atoms with Crippen LogP contribution in [0.5, 0.6) is 0 Å². The summed E-state index contributed by atoms with van der Waals surface area (Å²) in [4.78, 5) is 0. The minimum atomic E-state index is 0.235. The third kappa shape index (κ3) is 2.86. The third-order valence-corrected chi connectivity index (χ3v) is 2.32. The van der Waals surface area contributed by atoms with Crippen molar-refractivity contribution < 1.29 is 9.47 Å². The number of ether oxygens (including phenoxy) is 2. The molecule has 1 saturated heterocycles. The predicted molar refractivity (Wildman–Crippen MR) is 49.0 cm³/mol. The van der Waals surface area contributed by atoms with Crippen molar-refractivity contribution in [2.75, 3.05) is 13.2 Å². The topological polar surface area (TPSA) is 21.8 Å². The van der Waals surface area contributed by atoms with Crippen molar-refractivity contribution in [3.63, 3.8) is 0 Å². The van der Waals surface area contributed by atoms with E-state index in [2.05, 4.69) is 6.92 Å². The molecule has 1 heterocycles. The molecular formula is C10H18O2. The summed E-state index contributed by atoms with van der Waals surface area (Å²) in [6.45, 7) is 5.90. The molecule has 0 aliphatic carbocycles. The second-order valence-electron chi connectivity index (χ2n) is 3.27. The second kappa shape index (κ2) is 4.51. The lowest BCUT2D eigenvalue weighted by atomic mass is 10.0. The van der Waals surface area contributed by atoms with E-state index < -0.39 is 0 Å². The second-order valence-corrected chi connectivity index (χ2v) is 3.27. The monoisotopic (exact) mass is 170 g/mol. The Kier molecular flexibility index (Phi) is 3.60. The van der Waals surface area contributed by atoms with Crippen molar-refractivity contribution in [2.24, 2.45) is 0 Å². The standard InChI is InChI=1S/C10H18O2/c1-3-7-11-8-5-6-10(4-2)9-12-10/h3,7H,4-6,8-9H2,1-2H3. The fourth-order valence-electron chi connectivity index (χ4n) is 1.27. The van der Waals surface area contributed by atoms with Gasteiger partial charge < -0.3 is 9.47 Å². The molecule has 1 fully saturated rings. The quantitative estimate of drug-likeness (QED) is 0.347. The first-order valence-electron chi connectivity index (χ1n) is 4.70. The van der Waals surface area contributed by atoms with Crippen LogP contribution in [-0.4, -0.2) is 18.8 Å². The summed E-state index contributed by atoms with van der Waals surface area (Å²) in [5.41, 5.74) is 0.235. The molecule has 0 N–H and O–H groups in total. The highest BCUT2D eigenvalue weighted by Crippen LogP contribution is 2.35. The van der Waals surface area contributed by atoms with Gasteiger partial charge in [0.15, 0.2) is 0 Å². The van der Waals surface area contributed by atoms with Crippen LogP contribution in [0.3, 0.4) is 0 Å². The van der Waals surface area contributed by atoms with E-state index in [1.165, 1.54) is 0 Å². The molecule has 0 amide bonds. The van der Waals surface area contributed by atoms with Gasteiger partial charge >= 0.3 is 0 Å². The van der Waals surface area contributed by atoms with Gasteiger partial charge in [-0.1, -0.05) is 13.0 Å². The van der Waals surface area contributed by atoms with Crippen LogP contribution < -0.4 is 0 Å². The van der Waals surface area contributed by atoms with Crippen molar-refractivity contribution >= 4 is 0 Å². The summed E-state index contributed by atoms with van der Waals surface area (Å²) in [6, 6.07) is 0. The highest BCUT2D eigenvalue weighted by atomic mass is 16.6. The molecule has 0 saturated carbocycles. The van der Waals surface area contributed by atoms with Crippen molar-refractivity contribution in [1.29, 1.82) is 0 Å². The molecule has 1 atom stereocenters. The molecule has 12 heavy (non-hydrogen) atoms. The fraction of sp³-hybridized carbons (Fsp3) is 0.800. The summed E-state index contributed by atoms with van der Waals surface area (Å²) < 4.78 is 10.6. The molecule has 1 rings (SSSR count). The molecule has 2 heteroatoms. The van der Waals surface area contributed by atoms with E-state index in [0.29, 0.717) is 0 Å². The van der Waals surface area contributed by atoms with Crippen molar-refractivity contribution in [3.05, 3.63) is 12.3 Å². The maximum absolute atomic E-state index is 5.38. The number of epoxide rings is 1. The number of hydrogen-bond acceptors (Lipinski definition) is 2. The molecule has 0 aromatic carbocycles. The Bertz CT molecular complexity index is 148. The van der Waals surface area contributed by atoms with Crippen LogP contribution in [0.25, 0.3) is 0 Å². The molecule has 1 unspecified atom stereocenters. The summed E-state index contributed by atoms with van der Waals surface area (Å²) in [5.74, 6) is 0. The molecular weight excluding hydrogens is 152 g/mol. The van der Waals surface area contributed by atoms with E-state index in [4.69, 9.17) is 9.47 Å². The van der Waals surface area contributed by atoms with Crippen molar-refractivity contribution in [3.8, 4) is 0 Å². The Morgan fingerprint density at radius 2 is 2.33 bits per heavy atom. The van der Waals surface area contributed by atoms with Gasteiger partial charge in [0.1, 0.15) is 0 Å². The van der Waals surface area contributed by atoms with Gasteiger partial charge in [-0.05, 0) is 26.2 Å². The maximum Gasteiger partial charge on any atom is 0.0915 e. The first-order valence-corrected chi connectivity index (χ1v) is 4.70. The Morgan fingerprint density at radius 3 is 2.83 bits per heavy atom. The molecule has 1 aliphatic heterocycles. The van der Waals surface area contributed by atoms with Gasteiger partial charge in [-0.15, -0.1) is 0 Å². The van der Waals surface area contributed by atoms with Gasteiger partial charge in [0.05, 0.1) is 25.1 Å². The Labute approximate surface area is 74.6 Å². The third-order valence-electron chi connectivity index (χ3n) is 2.32. The fourth-order valence-corrected chi connectivity index (χ4v) is 1.27. The summed E-state index contributed by atoms with van der Waals surface area (Å²) in [5, 5.41) is 0. The Balaban J connectivity index is 1.95. The first kappa shape index (κ1) is 9.59. The van der Waals surface area contributed by atoms with Gasteiger partial charge in [-0.3, -0.25) is 0 Å². The molecule has 2 nitrogen and oxygen atoms in total. The Morgan fingerprint density at radius 1 is 1.58 bits per heavy atom. The van der Waals surface area contributed by atoms with Crippen LogP contribution in [0.2, 0.25) is 0 Å². The van der Waals surface area contributed by atoms with Gasteiger partial charge in [-0.2, -0.15) is 0 Å². The van der Waals surface area contributed by atoms with Crippen molar-refractivity contribution in [1.82, 2.24) is 0 Å². The molecule has 0 bridgehead atoms. The van der Waals surface area contributed by atoms with E-state index in [1.807, 2.05) is 13.0 Å². The maximum atomic E-state index is 5.38. The SMILES string of the molecule is CC=COCCCC1(CC)CO1. The highest BCUT2D eigenvalue weighted by Gasteiger charge is 2.41. The van der Waals surface area contributed by atoms with E-state index in [1.54, 1.807) is 6.26 Å². The average Bonchev–Trinajstić information content (AvgIpc) is 2.85. The molecule has 0 spiro atoms. The van der Waals surface area contributed by atoms with Gasteiger partial charge in [0.25, 0.3) is 0 Å². The normalized spacial score (nSPS) is 27.8. The zero-order chi connectivity index (χ0) is 8.86. The van der Waals surface area contributed by atoms with Gasteiger partial charge in [0.2, 0.25) is 0 Å². The number of allylic oxidation sites excluding steroid dienone is 1. The van der Waals surface area contributed by atoms with E-state index in [0.717, 1.165) is 32.5 Å². The van der Waals surface area contributed by atoms with Gasteiger partial charge in [0, 0.05) is 0 Å². The zero-order valence-corrected chi connectivity index (χ0v) is 8.01. The lowest BCUT2D eigenvalue weighted by Crippen LogP contribution is -2.09. The lowest BCUT2D eigenvalue weighted by Gasteiger charge is -2.07.